The van der Waals surface area contributed by atoms with Gasteiger partial charge in [-0.25, -0.2) is 9.37 Å². The summed E-state index contributed by atoms with van der Waals surface area (Å²) >= 11 is 7.37. The van der Waals surface area contributed by atoms with Crippen molar-refractivity contribution in [2.24, 2.45) is 0 Å². The van der Waals surface area contributed by atoms with E-state index in [4.69, 9.17) is 22.1 Å². The summed E-state index contributed by atoms with van der Waals surface area (Å²) in [4.78, 5) is 6.73. The number of thiazole rings is 1. The zero-order valence-electron chi connectivity index (χ0n) is 12.6. The monoisotopic (exact) mass is 343 g/mol. The van der Waals surface area contributed by atoms with Crippen molar-refractivity contribution < 1.29 is 9.13 Å². The third-order valence-electron chi connectivity index (χ3n) is 3.18. The smallest absolute Gasteiger partial charge is 0.186 e. The first-order valence-electron chi connectivity index (χ1n) is 7.19. The molecule has 7 heteroatoms. The molecule has 0 unspecified atom stereocenters. The molecule has 1 saturated heterocycles. The van der Waals surface area contributed by atoms with E-state index in [9.17, 15) is 4.39 Å². The number of halogens is 2. The molecule has 0 aliphatic carbocycles. The van der Waals surface area contributed by atoms with E-state index in [1.165, 1.54) is 17.4 Å². The topological polar surface area (TPSA) is 51.4 Å². The SMILES string of the molecule is CC.Nc1c(-c2csc(N3CCOCC3)n2)ccc(F)c1Cl. The number of nitrogens with two attached hydrogens (primary N) is 1. The zero-order valence-corrected chi connectivity index (χ0v) is 14.2. The molecule has 0 bridgehead atoms. The van der Waals surface area contributed by atoms with Crippen LogP contribution in [0.3, 0.4) is 0 Å². The highest BCUT2D eigenvalue weighted by Gasteiger charge is 2.17. The second kappa shape index (κ2) is 7.76. The molecule has 0 radical (unpaired) electrons. The molecule has 2 heterocycles. The summed E-state index contributed by atoms with van der Waals surface area (Å²) in [5, 5.41) is 2.77. The predicted molar refractivity (Wildman–Crippen MR) is 91.3 cm³/mol. The standard InChI is InChI=1S/C13H13ClFN3OS.C2H6/c14-11-9(15)2-1-8(12(11)16)10-7-20-13(17-10)18-3-5-19-6-4-18;1-2/h1-2,7H,3-6,16H2;1-2H3. The van der Waals surface area contributed by atoms with E-state index in [0.717, 1.165) is 23.9 Å². The number of morpholine rings is 1. The molecule has 1 aliphatic heterocycles. The fraction of sp³-hybridized carbons (Fsp3) is 0.400. The Kier molecular flexibility index (Phi) is 5.99. The molecular weight excluding hydrogens is 325 g/mol. The van der Waals surface area contributed by atoms with Crippen LogP contribution in [0.15, 0.2) is 17.5 Å². The zero-order chi connectivity index (χ0) is 16.1. The maximum Gasteiger partial charge on any atom is 0.186 e. The number of anilines is 2. The predicted octanol–water partition coefficient (Wildman–Crippen LogP) is 4.05. The van der Waals surface area contributed by atoms with Crippen molar-refractivity contribution in [2.75, 3.05) is 36.9 Å². The largest absolute Gasteiger partial charge is 0.397 e. The second-order valence-electron chi connectivity index (χ2n) is 4.44. The van der Waals surface area contributed by atoms with E-state index in [2.05, 4.69) is 9.88 Å². The van der Waals surface area contributed by atoms with E-state index in [1.54, 1.807) is 6.07 Å². The summed E-state index contributed by atoms with van der Waals surface area (Å²) in [7, 11) is 0. The van der Waals surface area contributed by atoms with Crippen LogP contribution in [0.2, 0.25) is 5.02 Å². The highest BCUT2D eigenvalue weighted by atomic mass is 35.5. The lowest BCUT2D eigenvalue weighted by atomic mass is 10.1. The highest BCUT2D eigenvalue weighted by molar-refractivity contribution is 7.14. The Labute approximate surface area is 138 Å². The molecule has 2 aromatic rings. The minimum atomic E-state index is -0.517. The quantitative estimate of drug-likeness (QED) is 0.836. The van der Waals surface area contributed by atoms with Gasteiger partial charge < -0.3 is 15.4 Å². The van der Waals surface area contributed by atoms with Crippen LogP contribution in [-0.4, -0.2) is 31.3 Å². The van der Waals surface area contributed by atoms with Crippen LogP contribution in [0, 0.1) is 5.82 Å². The molecule has 1 fully saturated rings. The first-order chi connectivity index (χ1) is 10.7. The van der Waals surface area contributed by atoms with Gasteiger partial charge in [-0.05, 0) is 12.1 Å². The lowest BCUT2D eigenvalue weighted by Crippen LogP contribution is -2.36. The number of ether oxygens (including phenoxy) is 1. The summed E-state index contributed by atoms with van der Waals surface area (Å²) in [5.74, 6) is -0.517. The minimum Gasteiger partial charge on any atom is -0.397 e. The van der Waals surface area contributed by atoms with Gasteiger partial charge in [-0.3, -0.25) is 0 Å². The van der Waals surface area contributed by atoms with E-state index < -0.39 is 5.82 Å². The van der Waals surface area contributed by atoms with Gasteiger partial charge in [-0.2, -0.15) is 0 Å². The summed E-state index contributed by atoms with van der Waals surface area (Å²) in [6.45, 7) is 7.07. The van der Waals surface area contributed by atoms with Gasteiger partial charge in [-0.1, -0.05) is 25.4 Å². The highest BCUT2D eigenvalue weighted by Crippen LogP contribution is 2.35. The Morgan fingerprint density at radius 2 is 2.00 bits per heavy atom. The van der Waals surface area contributed by atoms with Crippen molar-refractivity contribution in [3.63, 3.8) is 0 Å². The van der Waals surface area contributed by atoms with Crippen LogP contribution >= 0.6 is 22.9 Å². The van der Waals surface area contributed by atoms with Gasteiger partial charge in [0, 0.05) is 24.0 Å². The fourth-order valence-electron chi connectivity index (χ4n) is 2.08. The molecule has 120 valence electrons. The molecular formula is C15H19ClFN3OS. The first-order valence-corrected chi connectivity index (χ1v) is 8.44. The number of hydrogen-bond donors (Lipinski definition) is 1. The van der Waals surface area contributed by atoms with Gasteiger partial charge in [0.05, 0.1) is 29.6 Å². The van der Waals surface area contributed by atoms with Crippen molar-refractivity contribution in [3.05, 3.63) is 28.4 Å². The Morgan fingerprint density at radius 1 is 1.32 bits per heavy atom. The van der Waals surface area contributed by atoms with Crippen LogP contribution in [0.4, 0.5) is 15.2 Å². The third-order valence-corrected chi connectivity index (χ3v) is 4.47. The summed E-state index contributed by atoms with van der Waals surface area (Å²) in [5.41, 5.74) is 7.47. The van der Waals surface area contributed by atoms with Crippen molar-refractivity contribution >= 4 is 33.8 Å². The molecule has 0 spiro atoms. The normalized spacial score (nSPS) is 14.5. The molecule has 0 amide bonds. The van der Waals surface area contributed by atoms with Crippen LogP contribution in [0.5, 0.6) is 0 Å². The van der Waals surface area contributed by atoms with Gasteiger partial charge in [0.1, 0.15) is 5.82 Å². The molecule has 1 aromatic carbocycles. The fourth-order valence-corrected chi connectivity index (χ4v) is 3.12. The number of rotatable bonds is 2. The molecule has 0 saturated carbocycles. The number of aromatic nitrogens is 1. The number of benzene rings is 1. The molecule has 1 aromatic heterocycles. The lowest BCUT2D eigenvalue weighted by molar-refractivity contribution is 0.122. The molecule has 4 nitrogen and oxygen atoms in total. The second-order valence-corrected chi connectivity index (χ2v) is 5.65. The maximum atomic E-state index is 13.3. The van der Waals surface area contributed by atoms with Gasteiger partial charge in [0.2, 0.25) is 0 Å². The molecule has 3 rings (SSSR count). The van der Waals surface area contributed by atoms with Crippen molar-refractivity contribution in [1.82, 2.24) is 4.98 Å². The van der Waals surface area contributed by atoms with E-state index in [-0.39, 0.29) is 10.7 Å². The average Bonchev–Trinajstić information content (AvgIpc) is 3.05. The lowest BCUT2D eigenvalue weighted by Gasteiger charge is -2.26. The molecule has 0 atom stereocenters. The Morgan fingerprint density at radius 3 is 2.68 bits per heavy atom. The van der Waals surface area contributed by atoms with Crippen LogP contribution < -0.4 is 10.6 Å². The third kappa shape index (κ3) is 3.51. The van der Waals surface area contributed by atoms with Gasteiger partial charge in [0.25, 0.3) is 0 Å². The first kappa shape index (κ1) is 17.0. The van der Waals surface area contributed by atoms with Crippen molar-refractivity contribution in [3.8, 4) is 11.3 Å². The van der Waals surface area contributed by atoms with Gasteiger partial charge >= 0.3 is 0 Å². The van der Waals surface area contributed by atoms with Crippen molar-refractivity contribution in [2.45, 2.75) is 13.8 Å². The Balaban J connectivity index is 0.000000847. The minimum absolute atomic E-state index is 0.0524. The van der Waals surface area contributed by atoms with Crippen LogP contribution in [0.1, 0.15) is 13.8 Å². The van der Waals surface area contributed by atoms with E-state index in [0.29, 0.717) is 18.8 Å². The molecule has 22 heavy (non-hydrogen) atoms. The summed E-state index contributed by atoms with van der Waals surface area (Å²) in [6, 6.07) is 2.91. The average molecular weight is 344 g/mol. The number of nitrogen functional groups attached to an aromatic ring is 1. The van der Waals surface area contributed by atoms with E-state index in [1.807, 2.05) is 19.2 Å². The number of hydrogen-bond acceptors (Lipinski definition) is 5. The number of nitrogens with zero attached hydrogens (tertiary/aromatic N) is 2. The van der Waals surface area contributed by atoms with Gasteiger partial charge in [0.15, 0.2) is 5.13 Å². The van der Waals surface area contributed by atoms with Gasteiger partial charge in [-0.15, -0.1) is 11.3 Å². The molecule has 1 aliphatic rings. The Bertz CT molecular complexity index is 629. The maximum absolute atomic E-state index is 13.3. The van der Waals surface area contributed by atoms with Crippen LogP contribution in [0.25, 0.3) is 11.3 Å². The van der Waals surface area contributed by atoms with Crippen LogP contribution in [-0.2, 0) is 4.74 Å². The van der Waals surface area contributed by atoms with Crippen molar-refractivity contribution in [1.29, 1.82) is 0 Å². The summed E-state index contributed by atoms with van der Waals surface area (Å²) in [6.07, 6.45) is 0. The Hall–Kier alpha value is -1.37. The van der Waals surface area contributed by atoms with E-state index >= 15 is 0 Å². The summed E-state index contributed by atoms with van der Waals surface area (Å²) < 4.78 is 18.6. The molecule has 2 N–H and O–H groups in total.